The zero-order chi connectivity index (χ0) is 3.58. The van der Waals surface area contributed by atoms with Crippen LogP contribution >= 0.6 is 0 Å². The Morgan fingerprint density at radius 1 is 1.80 bits per heavy atom. The molecule has 0 spiro atoms. The minimum atomic E-state index is -0.833. The summed E-state index contributed by atoms with van der Waals surface area (Å²) in [5.41, 5.74) is 0. The third kappa shape index (κ3) is 304. The summed E-state index contributed by atoms with van der Waals surface area (Å²) in [7, 11) is 0. The van der Waals surface area contributed by atoms with Crippen molar-refractivity contribution in [1.29, 1.82) is 0 Å². The van der Waals surface area contributed by atoms with Crippen LogP contribution in [-0.2, 0) is 4.79 Å². The smallest absolute Gasteiger partial charge is 0.481 e. The molecule has 0 unspecified atom stereocenters. The second-order valence-electron chi connectivity index (χ2n) is 0.519. The SMILES string of the molecule is CC(=O)O.[Sn+2]. The minimum absolute atomic E-state index is 0. The predicted octanol–water partition coefficient (Wildman–Crippen LogP) is -0.290. The Kier molecular flexibility index (Phi) is 7.67. The number of hydrogen-bond acceptors (Lipinski definition) is 1. The summed E-state index contributed by atoms with van der Waals surface area (Å²) in [5.74, 6) is -0.833. The molecule has 2 radical (unpaired) electrons. The van der Waals surface area contributed by atoms with Crippen molar-refractivity contribution in [2.45, 2.75) is 6.92 Å². The maximum atomic E-state index is 9.00. The largest absolute Gasteiger partial charge is 2.00 e. The first kappa shape index (κ1) is 8.99. The van der Waals surface area contributed by atoms with Gasteiger partial charge in [0.2, 0.25) is 0 Å². The van der Waals surface area contributed by atoms with Crippen molar-refractivity contribution in [2.75, 3.05) is 0 Å². The van der Waals surface area contributed by atoms with Crippen molar-refractivity contribution in [2.24, 2.45) is 0 Å². The molecule has 0 bridgehead atoms. The van der Waals surface area contributed by atoms with E-state index in [0.29, 0.717) is 0 Å². The fourth-order valence-electron chi connectivity index (χ4n) is 0. The third-order valence-corrected chi connectivity index (χ3v) is 0. The number of carboxylic acids is 1. The van der Waals surface area contributed by atoms with Crippen LogP contribution in [0.3, 0.4) is 0 Å². The molecular formula is C2H4O2Sn+2. The zero-order valence-electron chi connectivity index (χ0n) is 2.86. The molecule has 0 aliphatic rings. The molecule has 0 aromatic carbocycles. The summed E-state index contributed by atoms with van der Waals surface area (Å²) >= 11 is 0. The Morgan fingerprint density at radius 2 is 1.80 bits per heavy atom. The molecule has 0 aromatic heterocycles. The quantitative estimate of drug-likeness (QED) is 0.518. The number of aliphatic carboxylic acids is 1. The van der Waals surface area contributed by atoms with Gasteiger partial charge in [0.05, 0.1) is 0 Å². The molecule has 3 heteroatoms. The van der Waals surface area contributed by atoms with Crippen LogP contribution in [0.2, 0.25) is 0 Å². The van der Waals surface area contributed by atoms with Crippen LogP contribution < -0.4 is 0 Å². The van der Waals surface area contributed by atoms with Gasteiger partial charge in [-0.3, -0.25) is 4.79 Å². The molecule has 0 heterocycles. The number of carbonyl (C=O) groups is 1. The minimum Gasteiger partial charge on any atom is -0.481 e. The molecule has 0 atom stereocenters. The Morgan fingerprint density at radius 3 is 1.80 bits per heavy atom. The fourth-order valence-corrected chi connectivity index (χ4v) is 0. The van der Waals surface area contributed by atoms with Gasteiger partial charge in [-0.1, -0.05) is 0 Å². The average molecular weight is 179 g/mol. The monoisotopic (exact) mass is 180 g/mol. The van der Waals surface area contributed by atoms with Gasteiger partial charge in [-0.15, -0.1) is 0 Å². The van der Waals surface area contributed by atoms with Crippen molar-refractivity contribution < 1.29 is 9.90 Å². The topological polar surface area (TPSA) is 37.3 Å². The molecule has 0 rings (SSSR count). The van der Waals surface area contributed by atoms with Gasteiger partial charge in [-0.2, -0.15) is 0 Å². The normalized spacial score (nSPS) is 5.00. The van der Waals surface area contributed by atoms with Gasteiger partial charge in [0.25, 0.3) is 5.97 Å². The molecule has 1 N–H and O–H groups in total. The zero-order valence-corrected chi connectivity index (χ0v) is 5.71. The average Bonchev–Trinajstić information content (AvgIpc) is 0.811. The molecule has 0 aliphatic heterocycles. The summed E-state index contributed by atoms with van der Waals surface area (Å²) < 4.78 is 0. The van der Waals surface area contributed by atoms with Gasteiger partial charge in [-0.05, 0) is 0 Å². The van der Waals surface area contributed by atoms with Gasteiger partial charge in [-0.25, -0.2) is 0 Å². The van der Waals surface area contributed by atoms with E-state index in [0.717, 1.165) is 6.92 Å². The summed E-state index contributed by atoms with van der Waals surface area (Å²) in [6, 6.07) is 0. The molecule has 2 nitrogen and oxygen atoms in total. The van der Waals surface area contributed by atoms with Crippen molar-refractivity contribution in [3.8, 4) is 0 Å². The first-order valence-electron chi connectivity index (χ1n) is 0.928. The Hall–Kier alpha value is 0.269. The van der Waals surface area contributed by atoms with E-state index in [9.17, 15) is 0 Å². The van der Waals surface area contributed by atoms with E-state index in [1.807, 2.05) is 0 Å². The summed E-state index contributed by atoms with van der Waals surface area (Å²) in [4.78, 5) is 9.00. The third-order valence-electron chi connectivity index (χ3n) is 0. The van der Waals surface area contributed by atoms with Gasteiger partial charge in [0, 0.05) is 6.92 Å². The summed E-state index contributed by atoms with van der Waals surface area (Å²) in [6.45, 7) is 1.08. The van der Waals surface area contributed by atoms with Crippen molar-refractivity contribution in [3.05, 3.63) is 0 Å². The summed E-state index contributed by atoms with van der Waals surface area (Å²) in [5, 5.41) is 7.42. The second kappa shape index (κ2) is 4.27. The predicted molar refractivity (Wildman–Crippen MR) is 19.1 cm³/mol. The van der Waals surface area contributed by atoms with Gasteiger partial charge < -0.3 is 5.11 Å². The van der Waals surface area contributed by atoms with Gasteiger partial charge in [0.1, 0.15) is 0 Å². The molecule has 26 valence electrons. The molecule has 0 saturated heterocycles. The molecule has 5 heavy (non-hydrogen) atoms. The molecule has 0 saturated carbocycles. The Labute approximate surface area is 47.1 Å². The van der Waals surface area contributed by atoms with Crippen LogP contribution in [0.5, 0.6) is 0 Å². The van der Waals surface area contributed by atoms with Crippen LogP contribution in [0.25, 0.3) is 0 Å². The Bertz CT molecular complexity index is 30.6. The fraction of sp³-hybridized carbons (Fsp3) is 0.500. The van der Waals surface area contributed by atoms with Crippen molar-refractivity contribution in [3.63, 3.8) is 0 Å². The van der Waals surface area contributed by atoms with Crippen LogP contribution in [0, 0.1) is 0 Å². The van der Waals surface area contributed by atoms with Gasteiger partial charge in [0.15, 0.2) is 0 Å². The number of hydrogen-bond donors (Lipinski definition) is 1. The van der Waals surface area contributed by atoms with E-state index < -0.39 is 5.97 Å². The van der Waals surface area contributed by atoms with Crippen molar-refractivity contribution in [1.82, 2.24) is 0 Å². The van der Waals surface area contributed by atoms with E-state index in [4.69, 9.17) is 9.90 Å². The van der Waals surface area contributed by atoms with Crippen LogP contribution in [-0.4, -0.2) is 35.0 Å². The molecule has 0 aliphatic carbocycles. The maximum Gasteiger partial charge on any atom is 2.00 e. The standard InChI is InChI=1S/C2H4O2.Sn/c1-2(3)4;/h1H3,(H,3,4);/q;+2. The molecule has 0 aromatic rings. The number of rotatable bonds is 0. The first-order valence-corrected chi connectivity index (χ1v) is 0.928. The second-order valence-corrected chi connectivity index (χ2v) is 0.519. The maximum absolute atomic E-state index is 9.00. The van der Waals surface area contributed by atoms with E-state index in [2.05, 4.69) is 0 Å². The van der Waals surface area contributed by atoms with E-state index in [1.165, 1.54) is 0 Å². The molecular weight excluding hydrogens is 175 g/mol. The molecule has 0 amide bonds. The number of carboxylic acid groups (broad SMARTS) is 1. The van der Waals surface area contributed by atoms with Gasteiger partial charge >= 0.3 is 23.9 Å². The van der Waals surface area contributed by atoms with Crippen LogP contribution in [0.15, 0.2) is 0 Å². The van der Waals surface area contributed by atoms with E-state index >= 15 is 0 Å². The van der Waals surface area contributed by atoms with Crippen molar-refractivity contribution >= 4 is 29.9 Å². The first-order chi connectivity index (χ1) is 1.73. The Balaban J connectivity index is 0. The van der Waals surface area contributed by atoms with E-state index in [-0.39, 0.29) is 23.9 Å². The van der Waals surface area contributed by atoms with Crippen LogP contribution in [0.1, 0.15) is 6.92 Å². The summed E-state index contributed by atoms with van der Waals surface area (Å²) in [6.07, 6.45) is 0. The molecule has 0 fully saturated rings. The van der Waals surface area contributed by atoms with E-state index in [1.54, 1.807) is 0 Å². The van der Waals surface area contributed by atoms with Crippen LogP contribution in [0.4, 0.5) is 0 Å².